The van der Waals surface area contributed by atoms with Crippen molar-refractivity contribution in [3.63, 3.8) is 0 Å². The van der Waals surface area contributed by atoms with Gasteiger partial charge in [0.15, 0.2) is 6.04 Å². The van der Waals surface area contributed by atoms with E-state index < -0.39 is 17.9 Å². The van der Waals surface area contributed by atoms with Crippen molar-refractivity contribution in [2.45, 2.75) is 83.2 Å². The normalized spacial score (nSPS) is 17.9. The number of nitrogens with one attached hydrogen (secondary N) is 1. The molecule has 2 N–H and O–H groups in total. The van der Waals surface area contributed by atoms with Crippen LogP contribution in [0.1, 0.15) is 91.0 Å². The number of hydrogen-bond acceptors (Lipinski definition) is 3. The van der Waals surface area contributed by atoms with Gasteiger partial charge in [0, 0.05) is 12.2 Å². The molecule has 176 valence electrons. The van der Waals surface area contributed by atoms with Crippen molar-refractivity contribution in [3.8, 4) is 0 Å². The fourth-order valence-corrected chi connectivity index (χ4v) is 5.36. The quantitative estimate of drug-likeness (QED) is 0.671. The molecule has 1 saturated carbocycles. The van der Waals surface area contributed by atoms with Crippen molar-refractivity contribution in [1.29, 1.82) is 0 Å². The molecule has 1 atom stereocenters. The summed E-state index contributed by atoms with van der Waals surface area (Å²) in [5.74, 6) is -1.30. The second-order valence-corrected chi connectivity index (χ2v) is 9.52. The number of hydrogen-bond donors (Lipinski definition) is 2. The Bertz CT molecular complexity index is 1040. The monoisotopic (exact) mass is 450 g/mol. The Kier molecular flexibility index (Phi) is 7.63. The second kappa shape index (κ2) is 10.8. The molecule has 0 saturated heterocycles. The number of carbonyl (C=O) groups excluding carboxylic acids is 1. The van der Waals surface area contributed by atoms with Gasteiger partial charge in [0.2, 0.25) is 0 Å². The van der Waals surface area contributed by atoms with Crippen LogP contribution in [0, 0.1) is 5.92 Å². The van der Waals surface area contributed by atoms with Crippen LogP contribution in [0.3, 0.4) is 0 Å². The molecule has 1 aromatic heterocycles. The number of carbonyl (C=O) groups is 2. The fourth-order valence-electron chi connectivity index (χ4n) is 5.36. The average Bonchev–Trinajstić information content (AvgIpc) is 2.81. The molecule has 1 aromatic carbocycles. The van der Waals surface area contributed by atoms with Crippen LogP contribution in [0.2, 0.25) is 0 Å². The van der Waals surface area contributed by atoms with Crippen LogP contribution in [0.15, 0.2) is 41.2 Å². The van der Waals surface area contributed by atoms with Crippen LogP contribution in [0.25, 0.3) is 0 Å². The molecular weight excluding hydrogens is 416 g/mol. The minimum atomic E-state index is -1.20. The van der Waals surface area contributed by atoms with Crippen LogP contribution in [0.5, 0.6) is 0 Å². The number of aliphatic carboxylic acids is 1. The number of carboxylic acid groups (broad SMARTS) is 1. The highest BCUT2D eigenvalue weighted by Gasteiger charge is 2.27. The highest BCUT2D eigenvalue weighted by molar-refractivity contribution is 5.96. The molecule has 2 aliphatic rings. The van der Waals surface area contributed by atoms with Crippen molar-refractivity contribution in [1.82, 2.24) is 9.88 Å². The summed E-state index contributed by atoms with van der Waals surface area (Å²) in [6.45, 7) is 0.656. The summed E-state index contributed by atoms with van der Waals surface area (Å²) in [6.07, 6.45) is 12.0. The lowest BCUT2D eigenvalue weighted by Gasteiger charge is -2.27. The van der Waals surface area contributed by atoms with E-state index in [1.165, 1.54) is 19.3 Å². The van der Waals surface area contributed by atoms with Crippen LogP contribution in [0.4, 0.5) is 0 Å². The van der Waals surface area contributed by atoms with Gasteiger partial charge in [-0.25, -0.2) is 4.79 Å². The molecule has 1 heterocycles. The van der Waals surface area contributed by atoms with Crippen molar-refractivity contribution in [2.75, 3.05) is 0 Å². The van der Waals surface area contributed by atoms with Gasteiger partial charge in [-0.05, 0) is 61.6 Å². The lowest BCUT2D eigenvalue weighted by molar-refractivity contribution is -0.139. The van der Waals surface area contributed by atoms with Crippen molar-refractivity contribution in [2.24, 2.45) is 5.92 Å². The molecule has 2 aromatic rings. The largest absolute Gasteiger partial charge is 0.479 e. The predicted molar refractivity (Wildman–Crippen MR) is 127 cm³/mol. The summed E-state index contributed by atoms with van der Waals surface area (Å²) in [7, 11) is 0. The third-order valence-electron chi connectivity index (χ3n) is 7.17. The molecule has 33 heavy (non-hydrogen) atoms. The molecule has 0 radical (unpaired) electrons. The van der Waals surface area contributed by atoms with Crippen LogP contribution < -0.4 is 10.9 Å². The summed E-state index contributed by atoms with van der Waals surface area (Å²) < 4.78 is 1.86. The first kappa shape index (κ1) is 23.3. The maximum atomic E-state index is 13.6. The number of amides is 1. The van der Waals surface area contributed by atoms with Crippen LogP contribution in [-0.4, -0.2) is 21.6 Å². The topological polar surface area (TPSA) is 88.4 Å². The molecule has 0 spiro atoms. The van der Waals surface area contributed by atoms with E-state index in [2.05, 4.69) is 5.32 Å². The van der Waals surface area contributed by atoms with Gasteiger partial charge < -0.3 is 15.0 Å². The highest BCUT2D eigenvalue weighted by Crippen LogP contribution is 2.27. The van der Waals surface area contributed by atoms with Gasteiger partial charge in [0.25, 0.3) is 11.5 Å². The number of fused-ring (bicyclic) bond motifs is 1. The number of aromatic nitrogens is 1. The van der Waals surface area contributed by atoms with Crippen LogP contribution >= 0.6 is 0 Å². The standard InChI is InChI=1S/C27H34N2O4/c30-25(28-24(27(32)33)20-13-8-4-9-14-20)22-17-21-15-7-1-2-10-16-23(21)29(26(22)31)18-19-11-5-3-6-12-19/h4,8-9,13-14,17,19,24H,1-3,5-7,10-12,15-16,18H2,(H,28,30)(H,32,33)/t24-/m0/s1. The third-order valence-corrected chi connectivity index (χ3v) is 7.17. The van der Waals surface area contributed by atoms with Gasteiger partial charge in [0.05, 0.1) is 0 Å². The second-order valence-electron chi connectivity index (χ2n) is 9.52. The zero-order valence-corrected chi connectivity index (χ0v) is 19.2. The molecular formula is C27H34N2O4. The molecule has 1 fully saturated rings. The first-order valence-electron chi connectivity index (χ1n) is 12.4. The van der Waals surface area contributed by atoms with Gasteiger partial charge in [-0.1, -0.05) is 62.4 Å². The number of aryl methyl sites for hydroxylation is 1. The van der Waals surface area contributed by atoms with Gasteiger partial charge in [-0.3, -0.25) is 9.59 Å². The average molecular weight is 451 g/mol. The number of benzene rings is 1. The molecule has 2 aliphatic carbocycles. The van der Waals surface area contributed by atoms with Gasteiger partial charge in [-0.15, -0.1) is 0 Å². The maximum absolute atomic E-state index is 13.6. The zero-order chi connectivity index (χ0) is 23.2. The van der Waals surface area contributed by atoms with E-state index in [0.717, 1.165) is 62.6 Å². The van der Waals surface area contributed by atoms with E-state index in [4.69, 9.17) is 0 Å². The number of pyridine rings is 1. The van der Waals surface area contributed by atoms with E-state index in [1.807, 2.05) is 4.57 Å². The first-order valence-corrected chi connectivity index (χ1v) is 12.4. The van der Waals surface area contributed by atoms with Gasteiger partial charge >= 0.3 is 5.97 Å². The van der Waals surface area contributed by atoms with Crippen LogP contribution in [-0.2, 0) is 24.2 Å². The summed E-state index contributed by atoms with van der Waals surface area (Å²) in [5, 5.41) is 12.3. The van der Waals surface area contributed by atoms with E-state index in [-0.39, 0.29) is 11.1 Å². The Hall–Kier alpha value is -2.89. The van der Waals surface area contributed by atoms with E-state index in [9.17, 15) is 19.5 Å². The van der Waals surface area contributed by atoms with Gasteiger partial charge in [0.1, 0.15) is 5.56 Å². The van der Waals surface area contributed by atoms with Crippen molar-refractivity contribution in [3.05, 3.63) is 69.1 Å². The minimum Gasteiger partial charge on any atom is -0.479 e. The smallest absolute Gasteiger partial charge is 0.330 e. The molecule has 0 unspecified atom stereocenters. The zero-order valence-electron chi connectivity index (χ0n) is 19.2. The number of rotatable bonds is 6. The predicted octanol–water partition coefficient (Wildman–Crippen LogP) is 4.64. The lowest BCUT2D eigenvalue weighted by Crippen LogP contribution is -2.40. The van der Waals surface area contributed by atoms with Crippen molar-refractivity contribution >= 4 is 11.9 Å². The number of nitrogens with zero attached hydrogens (tertiary/aromatic N) is 1. The summed E-state index contributed by atoms with van der Waals surface area (Å²) in [4.78, 5) is 38.7. The molecule has 0 aliphatic heterocycles. The Labute approximate surface area is 195 Å². The van der Waals surface area contributed by atoms with E-state index in [1.54, 1.807) is 36.4 Å². The molecule has 4 rings (SSSR count). The van der Waals surface area contributed by atoms with Gasteiger partial charge in [-0.2, -0.15) is 0 Å². The lowest BCUT2D eigenvalue weighted by atomic mass is 9.88. The Morgan fingerprint density at radius 2 is 1.64 bits per heavy atom. The Balaban J connectivity index is 1.70. The highest BCUT2D eigenvalue weighted by atomic mass is 16.4. The summed E-state index contributed by atoms with van der Waals surface area (Å²) in [5.41, 5.74) is 2.41. The molecule has 6 nitrogen and oxygen atoms in total. The Morgan fingerprint density at radius 3 is 2.33 bits per heavy atom. The van der Waals surface area contributed by atoms with Crippen molar-refractivity contribution < 1.29 is 14.7 Å². The summed E-state index contributed by atoms with van der Waals surface area (Å²) >= 11 is 0. The summed E-state index contributed by atoms with van der Waals surface area (Å²) in [6, 6.07) is 9.14. The third kappa shape index (κ3) is 5.55. The maximum Gasteiger partial charge on any atom is 0.330 e. The minimum absolute atomic E-state index is 0.0623. The first-order chi connectivity index (χ1) is 16.0. The Morgan fingerprint density at radius 1 is 0.970 bits per heavy atom. The number of carboxylic acids is 1. The molecule has 6 heteroatoms. The van der Waals surface area contributed by atoms with E-state index >= 15 is 0 Å². The SMILES string of the molecule is O=C(N[C@H](C(=O)O)c1ccccc1)c1cc2c(n(CC3CCCCC3)c1=O)CCCCCC2. The molecule has 0 bridgehead atoms. The van der Waals surface area contributed by atoms with E-state index in [0.29, 0.717) is 18.0 Å². The molecule has 1 amide bonds. The fraction of sp³-hybridized carbons (Fsp3) is 0.519.